The number of ether oxygens (including phenoxy) is 10. The minimum absolute atomic E-state index is 0.0424. The summed E-state index contributed by atoms with van der Waals surface area (Å²) < 4.78 is 49.3. The van der Waals surface area contributed by atoms with E-state index in [0.717, 1.165) is 0 Å². The third-order valence-corrected chi connectivity index (χ3v) is 13.7. The van der Waals surface area contributed by atoms with Crippen LogP contribution >= 0.6 is 0 Å². The van der Waals surface area contributed by atoms with E-state index in [1.54, 1.807) is 118 Å². The molecule has 0 amide bonds. The van der Waals surface area contributed by atoms with Crippen LogP contribution in [0.25, 0.3) is 0 Å². The summed E-state index contributed by atoms with van der Waals surface area (Å²) in [5, 5.41) is 36.9. The first-order valence-electron chi connectivity index (χ1n) is 31.8. The predicted molar refractivity (Wildman–Crippen MR) is 344 cm³/mol. The van der Waals surface area contributed by atoms with Crippen LogP contribution in [0.5, 0.6) is 0 Å². The van der Waals surface area contributed by atoms with E-state index in [0.29, 0.717) is 19.3 Å². The second-order valence-corrected chi connectivity index (χ2v) is 25.5. The van der Waals surface area contributed by atoms with Crippen LogP contribution in [0.4, 0.5) is 0 Å². The Morgan fingerprint density at radius 1 is 0.320 bits per heavy atom. The second-order valence-electron chi connectivity index (χ2n) is 25.5. The summed E-state index contributed by atoms with van der Waals surface area (Å²) >= 11 is 0. The number of carboxylic acids is 4. The average molecular weight is 1400 g/mol. The van der Waals surface area contributed by atoms with E-state index in [9.17, 15) is 77.3 Å². The van der Waals surface area contributed by atoms with Gasteiger partial charge in [-0.15, -0.1) is 0 Å². The maximum atomic E-state index is 12.3. The minimum atomic E-state index is -1.94. The number of carbonyl (C=O) groups is 14. The predicted octanol–water partition coefficient (Wildman–Crippen LogP) is 2.19. The summed E-state index contributed by atoms with van der Waals surface area (Å²) in [5.74, 6) is -16.1. The Hall–Kier alpha value is -7.66. The van der Waals surface area contributed by atoms with Gasteiger partial charge < -0.3 is 102 Å². The number of rotatable bonds is 37. The van der Waals surface area contributed by atoms with Crippen LogP contribution in [0.1, 0.15) is 183 Å². The third kappa shape index (κ3) is 41.3. The Labute approximate surface area is 567 Å². The molecule has 0 spiro atoms. The highest BCUT2D eigenvalue weighted by Crippen LogP contribution is 2.20. The van der Waals surface area contributed by atoms with Crippen molar-refractivity contribution in [2.75, 3.05) is 13.2 Å². The van der Waals surface area contributed by atoms with Crippen molar-refractivity contribution in [2.24, 2.45) is 69.9 Å². The molecule has 0 heterocycles. The number of carbonyl (C=O) groups excluding carboxylic acids is 10. The van der Waals surface area contributed by atoms with Crippen molar-refractivity contribution >= 4 is 83.6 Å². The molecule has 97 heavy (non-hydrogen) atoms. The molecule has 34 nitrogen and oxygen atoms in total. The summed E-state index contributed by atoms with van der Waals surface area (Å²) in [6.45, 7) is 33.9. The molecule has 0 saturated carbocycles. The molecule has 0 aromatic rings. The van der Waals surface area contributed by atoms with Gasteiger partial charge in [0, 0.05) is 0 Å². The monoisotopic (exact) mass is 1400 g/mol. The van der Waals surface area contributed by atoms with E-state index in [4.69, 9.17) is 92.0 Å². The molecule has 0 aliphatic heterocycles. The zero-order valence-corrected chi connectivity index (χ0v) is 59.8. The molecular weight excluding hydrogens is 1290 g/mol. The Balaban J connectivity index is -0.000000601. The molecule has 0 aromatic heterocycles. The first-order valence-corrected chi connectivity index (χ1v) is 31.8. The van der Waals surface area contributed by atoms with E-state index < -0.39 is 193 Å². The number of aliphatic carboxylic acids is 4. The molecule has 0 aromatic carbocycles. The normalized spacial score (nSPS) is 15.9. The van der Waals surface area contributed by atoms with Gasteiger partial charge in [-0.25, -0.2) is 19.2 Å². The molecule has 0 aliphatic carbocycles. The Morgan fingerprint density at radius 2 is 0.546 bits per heavy atom. The zero-order valence-electron chi connectivity index (χ0n) is 59.8. The third-order valence-electron chi connectivity index (χ3n) is 13.7. The zero-order chi connectivity index (χ0) is 76.9. The molecule has 0 rings (SSSR count). The molecular formula is C63H112N6O28. The summed E-state index contributed by atoms with van der Waals surface area (Å²) in [5.41, 5.74) is 32.7. The van der Waals surface area contributed by atoms with Gasteiger partial charge in [0.25, 0.3) is 0 Å². The lowest BCUT2D eigenvalue weighted by molar-refractivity contribution is -0.184. The second kappa shape index (κ2) is 47.3. The average Bonchev–Trinajstić information content (AvgIpc) is 0.869. The summed E-state index contributed by atoms with van der Waals surface area (Å²) in [6, 6.07) is -6.08. The first kappa shape index (κ1) is 95.7. The fourth-order valence-corrected chi connectivity index (χ4v) is 6.76. The van der Waals surface area contributed by atoms with Crippen molar-refractivity contribution in [3.63, 3.8) is 0 Å². The first-order chi connectivity index (χ1) is 44.3. The van der Waals surface area contributed by atoms with Gasteiger partial charge in [-0.1, -0.05) is 102 Å². The van der Waals surface area contributed by atoms with Gasteiger partial charge in [-0.2, -0.15) is 0 Å². The maximum Gasteiger partial charge on any atom is 0.349 e. The summed E-state index contributed by atoms with van der Waals surface area (Å²) in [4.78, 5) is 164. The van der Waals surface area contributed by atoms with E-state index in [1.165, 1.54) is 0 Å². The lowest BCUT2D eigenvalue weighted by atomic mass is 10.00. The van der Waals surface area contributed by atoms with Crippen molar-refractivity contribution in [3.05, 3.63) is 0 Å². The van der Waals surface area contributed by atoms with Crippen LogP contribution in [-0.2, 0) is 114 Å². The summed E-state index contributed by atoms with van der Waals surface area (Å²) in [6.07, 6.45) is -10.8. The lowest BCUT2D eigenvalue weighted by Gasteiger charge is -2.27. The molecule has 0 aliphatic rings. The van der Waals surface area contributed by atoms with Crippen molar-refractivity contribution < 1.29 is 135 Å². The summed E-state index contributed by atoms with van der Waals surface area (Å²) in [7, 11) is 0. The molecule has 0 saturated heterocycles. The van der Waals surface area contributed by atoms with Crippen molar-refractivity contribution in [2.45, 2.75) is 267 Å². The molecule has 0 fully saturated rings. The SMILES string of the molecule is CC(C)[C@H](N)C(=O)OC(CC(=O)OC(C)(C)C)C(=O)O.CCOC(=O)CC(OC(=O)[C@@H](N)C(C)C)C(OC(=O)[C@@H](N)C(C)C)C(=O)O.CCOC(=O)CC(OC(=O)[C@@H](N)[C@@H](C)CC)C(OC(=O)[C@@H](N)[C@@H](C)CC)C(=O)O.CC[C@H](C)[C@H](N)C(=O)OC(CC(=O)OC(C)(C)C)C(=O)O. The highest BCUT2D eigenvalue weighted by atomic mass is 16.6. The van der Waals surface area contributed by atoms with Gasteiger partial charge in [0.05, 0.1) is 38.9 Å². The fourth-order valence-electron chi connectivity index (χ4n) is 6.76. The molecule has 562 valence electrons. The molecule has 34 heteroatoms. The van der Waals surface area contributed by atoms with Gasteiger partial charge in [-0.3, -0.25) is 47.9 Å². The standard InChI is InChI=1S/C19H34N2O8.C17H30N2O8.C14H25NO6.C13H23NO6/c1-6-10(4)14(20)18(25)28-12(9-13(22)27-8-3)16(17(23)24)29-19(26)15(21)11(5)7-2;1-6-25-11(20)7-10(26-16(23)12(18)8(2)3)14(15(21)22)27-17(24)13(19)9(4)5;1-6-8(2)11(15)13(19)20-9(12(17)18)7-10(16)21-14(3,4)5;1-7(2)10(14)12(18)19-8(11(16)17)6-9(15)20-13(3,4)5/h10-12,14-16H,6-9,20-21H2,1-5H3,(H,23,24);8-10,12-14H,6-7,18-19H2,1-5H3,(H,21,22);8-9,11H,6-7,15H2,1-5H3,(H,17,18);7-8,10H,6,14H2,1-5H3,(H,16,17)/t10-,11-,12?,14-,15-,16?;10?,12-,13-,14?;8-,9?,11-;8?,10-/m0000/s1. The van der Waals surface area contributed by atoms with Crippen molar-refractivity contribution in [1.29, 1.82) is 0 Å². The van der Waals surface area contributed by atoms with Gasteiger partial charge in [-0.05, 0) is 90.9 Å². The van der Waals surface area contributed by atoms with Gasteiger partial charge in [0.15, 0.2) is 12.2 Å². The number of hydrogen-bond donors (Lipinski definition) is 10. The van der Waals surface area contributed by atoms with E-state index in [1.807, 2.05) is 20.8 Å². The van der Waals surface area contributed by atoms with Crippen LogP contribution in [0.3, 0.4) is 0 Å². The smallest absolute Gasteiger partial charge is 0.349 e. The Morgan fingerprint density at radius 3 is 0.763 bits per heavy atom. The lowest BCUT2D eigenvalue weighted by Crippen LogP contribution is -2.49. The molecule has 0 radical (unpaired) electrons. The quantitative estimate of drug-likeness (QED) is 0.0315. The number of carboxylic acid groups (broad SMARTS) is 4. The van der Waals surface area contributed by atoms with Gasteiger partial charge in [0.1, 0.15) is 47.5 Å². The Kier molecular flexibility index (Phi) is 46.7. The minimum Gasteiger partial charge on any atom is -0.478 e. The largest absolute Gasteiger partial charge is 0.478 e. The van der Waals surface area contributed by atoms with E-state index >= 15 is 0 Å². The van der Waals surface area contributed by atoms with Crippen LogP contribution in [0, 0.1) is 35.5 Å². The van der Waals surface area contributed by atoms with Crippen molar-refractivity contribution in [1.82, 2.24) is 0 Å². The van der Waals surface area contributed by atoms with Crippen LogP contribution in [0.2, 0.25) is 0 Å². The number of hydrogen-bond acceptors (Lipinski definition) is 30. The number of nitrogens with two attached hydrogens (primary N) is 6. The van der Waals surface area contributed by atoms with Crippen molar-refractivity contribution in [3.8, 4) is 0 Å². The molecule has 16 N–H and O–H groups in total. The topological polar surface area (TPSA) is 568 Å². The fraction of sp³-hybridized carbons (Fsp3) is 0.778. The van der Waals surface area contributed by atoms with E-state index in [-0.39, 0.29) is 48.7 Å². The molecule has 15 atom stereocenters. The number of esters is 10. The van der Waals surface area contributed by atoms with Gasteiger partial charge >= 0.3 is 83.6 Å². The van der Waals surface area contributed by atoms with Crippen LogP contribution in [-0.4, -0.2) is 201 Å². The van der Waals surface area contributed by atoms with Crippen LogP contribution in [0.15, 0.2) is 0 Å². The van der Waals surface area contributed by atoms with Crippen LogP contribution < -0.4 is 34.4 Å². The molecule has 0 bridgehead atoms. The van der Waals surface area contributed by atoms with Gasteiger partial charge in [0.2, 0.25) is 24.4 Å². The molecule has 6 unspecified atom stereocenters. The maximum absolute atomic E-state index is 12.3. The highest BCUT2D eigenvalue weighted by Gasteiger charge is 2.42. The Bertz CT molecular complexity index is 2530. The van der Waals surface area contributed by atoms with E-state index in [2.05, 4.69) is 0 Å². The highest BCUT2D eigenvalue weighted by molar-refractivity contribution is 5.87.